The largest absolute Gasteiger partial charge is 0.150 e. The first-order valence-corrected chi connectivity index (χ1v) is 5.80. The first kappa shape index (κ1) is 10.7. The van der Waals surface area contributed by atoms with Gasteiger partial charge in [0.25, 0.3) is 0 Å². The van der Waals surface area contributed by atoms with Crippen LogP contribution in [0.4, 0.5) is 11.4 Å². The Kier molecular flexibility index (Phi) is 2.84. The molecule has 18 heavy (non-hydrogen) atoms. The summed E-state index contributed by atoms with van der Waals surface area (Å²) in [4.78, 5) is 0. The lowest BCUT2D eigenvalue weighted by atomic mass is 10.1. The summed E-state index contributed by atoms with van der Waals surface area (Å²) in [6, 6.07) is 24.8. The van der Waals surface area contributed by atoms with Crippen LogP contribution in [0, 0.1) is 6.07 Å². The number of hydrogen-bond acceptors (Lipinski definition) is 2. The third-order valence-corrected chi connectivity index (χ3v) is 2.72. The molecule has 2 heteroatoms. The third kappa shape index (κ3) is 2.13. The maximum absolute atomic E-state index is 4.30. The summed E-state index contributed by atoms with van der Waals surface area (Å²) < 4.78 is 0. The van der Waals surface area contributed by atoms with Crippen LogP contribution in [0.25, 0.3) is 10.8 Å². The predicted octanol–water partition coefficient (Wildman–Crippen LogP) is 5.06. The highest BCUT2D eigenvalue weighted by Gasteiger charge is 1.98. The van der Waals surface area contributed by atoms with Gasteiger partial charge in [-0.15, -0.1) is 10.2 Å². The quantitative estimate of drug-likeness (QED) is 0.551. The van der Waals surface area contributed by atoms with E-state index in [1.54, 1.807) is 0 Å². The standard InChI is InChI=1S/C16H11N2/c1-2-9-14(10-3-1)17-18-16-12-6-8-13-7-4-5-11-15(13)16/h1-9,11-12H/b18-17+. The molecule has 3 aromatic rings. The van der Waals surface area contributed by atoms with Gasteiger partial charge in [-0.2, -0.15) is 0 Å². The van der Waals surface area contributed by atoms with E-state index in [-0.39, 0.29) is 0 Å². The second kappa shape index (κ2) is 4.80. The Morgan fingerprint density at radius 3 is 2.44 bits per heavy atom. The Balaban J connectivity index is 2.03. The molecule has 0 aromatic heterocycles. The van der Waals surface area contributed by atoms with Gasteiger partial charge in [-0.3, -0.25) is 0 Å². The van der Waals surface area contributed by atoms with Crippen molar-refractivity contribution in [2.75, 3.05) is 0 Å². The van der Waals surface area contributed by atoms with Crippen molar-refractivity contribution in [3.05, 3.63) is 72.8 Å². The van der Waals surface area contributed by atoms with Gasteiger partial charge in [0.2, 0.25) is 0 Å². The second-order valence-corrected chi connectivity index (χ2v) is 3.95. The maximum Gasteiger partial charge on any atom is 0.0936 e. The Morgan fingerprint density at radius 2 is 1.56 bits per heavy atom. The SMILES string of the molecule is [c]1ccccc1/N=N/c1cccc2ccccc12. The molecule has 0 heterocycles. The van der Waals surface area contributed by atoms with Crippen LogP contribution in [-0.2, 0) is 0 Å². The summed E-state index contributed by atoms with van der Waals surface area (Å²) in [6.45, 7) is 0. The van der Waals surface area contributed by atoms with E-state index in [0.717, 1.165) is 16.8 Å². The molecule has 0 spiro atoms. The molecule has 0 aliphatic carbocycles. The van der Waals surface area contributed by atoms with E-state index in [2.05, 4.69) is 34.5 Å². The topological polar surface area (TPSA) is 24.7 Å². The number of azo groups is 1. The highest BCUT2D eigenvalue weighted by molar-refractivity contribution is 5.92. The summed E-state index contributed by atoms with van der Waals surface area (Å²) in [5, 5.41) is 10.8. The van der Waals surface area contributed by atoms with Crippen molar-refractivity contribution in [3.8, 4) is 0 Å². The van der Waals surface area contributed by atoms with E-state index < -0.39 is 0 Å². The van der Waals surface area contributed by atoms with Gasteiger partial charge in [0.1, 0.15) is 0 Å². The van der Waals surface area contributed by atoms with Crippen LogP contribution in [0.5, 0.6) is 0 Å². The van der Waals surface area contributed by atoms with E-state index in [9.17, 15) is 0 Å². The summed E-state index contributed by atoms with van der Waals surface area (Å²) in [5.74, 6) is 0. The normalized spacial score (nSPS) is 11.1. The molecule has 3 aromatic carbocycles. The fourth-order valence-corrected chi connectivity index (χ4v) is 1.85. The molecule has 85 valence electrons. The van der Waals surface area contributed by atoms with Crippen LogP contribution in [0.1, 0.15) is 0 Å². The first-order chi connectivity index (χ1) is 8.93. The van der Waals surface area contributed by atoms with Gasteiger partial charge in [0.15, 0.2) is 0 Å². The van der Waals surface area contributed by atoms with E-state index in [1.165, 1.54) is 5.39 Å². The van der Waals surface area contributed by atoms with E-state index in [4.69, 9.17) is 0 Å². The maximum atomic E-state index is 4.30. The van der Waals surface area contributed by atoms with Crippen LogP contribution in [-0.4, -0.2) is 0 Å². The minimum absolute atomic E-state index is 0.741. The molecule has 0 atom stereocenters. The van der Waals surface area contributed by atoms with E-state index in [0.29, 0.717) is 0 Å². The average molecular weight is 231 g/mol. The third-order valence-electron chi connectivity index (χ3n) is 2.72. The van der Waals surface area contributed by atoms with Gasteiger partial charge >= 0.3 is 0 Å². The van der Waals surface area contributed by atoms with Crippen LogP contribution in [0.2, 0.25) is 0 Å². The Labute approximate surface area is 106 Å². The van der Waals surface area contributed by atoms with Gasteiger partial charge in [-0.05, 0) is 17.5 Å². The number of hydrogen-bond donors (Lipinski definition) is 0. The van der Waals surface area contributed by atoms with Crippen molar-refractivity contribution in [2.45, 2.75) is 0 Å². The molecule has 0 unspecified atom stereocenters. The zero-order chi connectivity index (χ0) is 12.2. The van der Waals surface area contributed by atoms with Crippen LogP contribution in [0.3, 0.4) is 0 Å². The zero-order valence-corrected chi connectivity index (χ0v) is 9.75. The predicted molar refractivity (Wildman–Crippen MR) is 73.4 cm³/mol. The van der Waals surface area contributed by atoms with Crippen molar-refractivity contribution in [2.24, 2.45) is 10.2 Å². The molecular weight excluding hydrogens is 220 g/mol. The van der Waals surface area contributed by atoms with Crippen LogP contribution >= 0.6 is 0 Å². The molecular formula is C16H11N2. The van der Waals surface area contributed by atoms with Crippen molar-refractivity contribution in [3.63, 3.8) is 0 Å². The number of rotatable bonds is 2. The molecule has 0 amide bonds. The Hall–Kier alpha value is -2.48. The summed E-state index contributed by atoms with van der Waals surface area (Å²) in [6.07, 6.45) is 0. The molecule has 0 fully saturated rings. The van der Waals surface area contributed by atoms with E-state index >= 15 is 0 Å². The van der Waals surface area contributed by atoms with Gasteiger partial charge in [0.05, 0.1) is 11.4 Å². The molecule has 2 nitrogen and oxygen atoms in total. The smallest absolute Gasteiger partial charge is 0.0936 e. The van der Waals surface area contributed by atoms with Crippen LogP contribution < -0.4 is 0 Å². The fraction of sp³-hybridized carbons (Fsp3) is 0. The fourth-order valence-electron chi connectivity index (χ4n) is 1.85. The van der Waals surface area contributed by atoms with E-state index in [1.807, 2.05) is 48.5 Å². The zero-order valence-electron chi connectivity index (χ0n) is 9.75. The summed E-state index contributed by atoms with van der Waals surface area (Å²) >= 11 is 0. The van der Waals surface area contributed by atoms with Gasteiger partial charge in [-0.1, -0.05) is 54.6 Å². The lowest BCUT2D eigenvalue weighted by molar-refractivity contribution is 1.24. The van der Waals surface area contributed by atoms with Gasteiger partial charge < -0.3 is 0 Å². The number of fused-ring (bicyclic) bond motifs is 1. The highest BCUT2D eigenvalue weighted by atomic mass is 15.1. The Bertz CT molecular complexity index is 682. The molecule has 0 bridgehead atoms. The molecule has 3 rings (SSSR count). The number of benzene rings is 3. The minimum atomic E-state index is 0.741. The number of nitrogens with zero attached hydrogens (tertiary/aromatic N) is 2. The van der Waals surface area contributed by atoms with Crippen molar-refractivity contribution < 1.29 is 0 Å². The summed E-state index contributed by atoms with van der Waals surface area (Å²) in [7, 11) is 0. The monoisotopic (exact) mass is 231 g/mol. The molecule has 0 saturated heterocycles. The Morgan fingerprint density at radius 1 is 0.722 bits per heavy atom. The minimum Gasteiger partial charge on any atom is -0.150 e. The first-order valence-electron chi connectivity index (χ1n) is 5.80. The van der Waals surface area contributed by atoms with Crippen molar-refractivity contribution in [1.82, 2.24) is 0 Å². The van der Waals surface area contributed by atoms with Crippen molar-refractivity contribution in [1.29, 1.82) is 0 Å². The van der Waals surface area contributed by atoms with Gasteiger partial charge in [0, 0.05) is 11.5 Å². The second-order valence-electron chi connectivity index (χ2n) is 3.95. The molecule has 0 N–H and O–H groups in total. The molecule has 0 aliphatic heterocycles. The van der Waals surface area contributed by atoms with Crippen LogP contribution in [0.15, 0.2) is 77.0 Å². The molecule has 0 saturated carbocycles. The summed E-state index contributed by atoms with van der Waals surface area (Å²) in [5.41, 5.74) is 1.62. The molecule has 0 aliphatic rings. The average Bonchev–Trinajstić information content (AvgIpc) is 2.46. The van der Waals surface area contributed by atoms with Gasteiger partial charge in [-0.25, -0.2) is 0 Å². The highest BCUT2D eigenvalue weighted by Crippen LogP contribution is 2.27. The molecule has 1 radical (unpaired) electrons. The lowest BCUT2D eigenvalue weighted by Gasteiger charge is -1.99. The van der Waals surface area contributed by atoms with Crippen molar-refractivity contribution >= 4 is 22.1 Å². The lowest BCUT2D eigenvalue weighted by Crippen LogP contribution is -1.72.